The minimum absolute atomic E-state index is 0.297. The second-order valence-electron chi connectivity index (χ2n) is 7.79. The molecule has 0 spiro atoms. The number of nitrogens with zero attached hydrogens (tertiary/aromatic N) is 4. The van der Waals surface area contributed by atoms with Gasteiger partial charge in [-0.3, -0.25) is 10.4 Å². The zero-order chi connectivity index (χ0) is 21.8. The molecule has 5 nitrogen and oxygen atoms in total. The summed E-state index contributed by atoms with van der Waals surface area (Å²) in [6.45, 7) is 4.18. The predicted octanol–water partition coefficient (Wildman–Crippen LogP) is 7.33. The Morgan fingerprint density at radius 2 is 1.58 bits per heavy atom. The molecule has 1 aliphatic rings. The van der Waals surface area contributed by atoms with E-state index in [2.05, 4.69) is 40.7 Å². The Morgan fingerprint density at radius 1 is 0.903 bits per heavy atom. The molecular weight excluding hydrogens is 429 g/mol. The lowest BCUT2D eigenvalue weighted by molar-refractivity contribution is 0.514. The van der Waals surface area contributed by atoms with Crippen molar-refractivity contribution in [2.75, 3.05) is 5.43 Å². The molecule has 0 saturated heterocycles. The molecule has 0 bridgehead atoms. The Kier molecular flexibility index (Phi) is 6.16. The summed E-state index contributed by atoms with van der Waals surface area (Å²) in [5.41, 5.74) is 6.78. The van der Waals surface area contributed by atoms with Crippen LogP contribution in [0, 0.1) is 0 Å². The standard InChI is InChI=1S/C24H21Cl2N5/c1-24(2)15-16-9-3-4-10-17(16)22(27-24)23(30-28-20-13-7-5-11-18(20)25)31-29-21-14-8-6-12-19(21)26/h3-14,28H,15H2,1-2H3/b30-23-,31-29?. The van der Waals surface area contributed by atoms with Gasteiger partial charge in [0.2, 0.25) is 5.84 Å². The van der Waals surface area contributed by atoms with E-state index in [-0.39, 0.29) is 5.54 Å². The van der Waals surface area contributed by atoms with Crippen molar-refractivity contribution in [2.24, 2.45) is 20.3 Å². The fourth-order valence-electron chi connectivity index (χ4n) is 3.37. The average molecular weight is 450 g/mol. The van der Waals surface area contributed by atoms with Crippen molar-refractivity contribution < 1.29 is 0 Å². The van der Waals surface area contributed by atoms with Gasteiger partial charge in [-0.2, -0.15) is 5.10 Å². The molecule has 0 radical (unpaired) electrons. The summed E-state index contributed by atoms with van der Waals surface area (Å²) in [5.74, 6) is 0.347. The Balaban J connectivity index is 1.80. The van der Waals surface area contributed by atoms with Crippen molar-refractivity contribution in [1.29, 1.82) is 0 Å². The number of hydrogen-bond acceptors (Lipinski definition) is 4. The fourth-order valence-corrected chi connectivity index (χ4v) is 3.72. The molecule has 0 fully saturated rings. The van der Waals surface area contributed by atoms with Crippen molar-refractivity contribution in [3.63, 3.8) is 0 Å². The third kappa shape index (κ3) is 5.01. The molecule has 0 saturated carbocycles. The van der Waals surface area contributed by atoms with Gasteiger partial charge in [0, 0.05) is 5.56 Å². The molecule has 0 unspecified atom stereocenters. The first-order valence-corrected chi connectivity index (χ1v) is 10.6. The molecule has 4 rings (SSSR count). The van der Waals surface area contributed by atoms with Gasteiger partial charge in [-0.05, 0) is 50.1 Å². The first-order chi connectivity index (χ1) is 14.9. The minimum Gasteiger partial charge on any atom is -0.275 e. The molecule has 7 heteroatoms. The highest BCUT2D eigenvalue weighted by atomic mass is 35.5. The van der Waals surface area contributed by atoms with Crippen molar-refractivity contribution in [3.05, 3.63) is 94.0 Å². The summed E-state index contributed by atoms with van der Waals surface area (Å²) in [4.78, 5) is 4.95. The number of halogens is 2. The number of hydrogen-bond donors (Lipinski definition) is 1. The highest BCUT2D eigenvalue weighted by molar-refractivity contribution is 6.48. The van der Waals surface area contributed by atoms with Gasteiger partial charge in [0.1, 0.15) is 11.4 Å². The zero-order valence-corrected chi connectivity index (χ0v) is 18.7. The largest absolute Gasteiger partial charge is 0.275 e. The second-order valence-corrected chi connectivity index (χ2v) is 8.60. The van der Waals surface area contributed by atoms with Crippen LogP contribution in [0.1, 0.15) is 25.0 Å². The monoisotopic (exact) mass is 449 g/mol. The van der Waals surface area contributed by atoms with Gasteiger partial charge in [0.15, 0.2) is 0 Å². The van der Waals surface area contributed by atoms with Crippen molar-refractivity contribution >= 4 is 46.1 Å². The third-order valence-electron chi connectivity index (χ3n) is 4.78. The van der Waals surface area contributed by atoms with Gasteiger partial charge >= 0.3 is 0 Å². The van der Waals surface area contributed by atoms with Crippen LogP contribution < -0.4 is 5.43 Å². The van der Waals surface area contributed by atoms with Crippen LogP contribution in [0.3, 0.4) is 0 Å². The number of rotatable bonds is 4. The maximum absolute atomic E-state index is 6.28. The van der Waals surface area contributed by atoms with Crippen LogP contribution in [0.2, 0.25) is 10.0 Å². The van der Waals surface area contributed by atoms with E-state index in [0.29, 0.717) is 33.0 Å². The highest BCUT2D eigenvalue weighted by Gasteiger charge is 2.29. The van der Waals surface area contributed by atoms with Crippen LogP contribution in [-0.2, 0) is 6.42 Å². The molecule has 0 atom stereocenters. The van der Waals surface area contributed by atoms with E-state index in [1.54, 1.807) is 18.2 Å². The smallest absolute Gasteiger partial charge is 0.219 e. The molecule has 3 aromatic rings. The quantitative estimate of drug-likeness (QED) is 0.192. The van der Waals surface area contributed by atoms with E-state index in [4.69, 9.17) is 28.2 Å². The summed E-state index contributed by atoms with van der Waals surface area (Å²) in [7, 11) is 0. The summed E-state index contributed by atoms with van der Waals surface area (Å²) in [5, 5.41) is 14.4. The lowest BCUT2D eigenvalue weighted by Crippen LogP contribution is -2.32. The number of azo groups is 1. The predicted molar refractivity (Wildman–Crippen MR) is 129 cm³/mol. The lowest BCUT2D eigenvalue weighted by atomic mass is 9.86. The van der Waals surface area contributed by atoms with E-state index in [1.807, 2.05) is 48.5 Å². The van der Waals surface area contributed by atoms with Crippen LogP contribution in [0.15, 0.2) is 93.1 Å². The first kappa shape index (κ1) is 21.2. The average Bonchev–Trinajstić information content (AvgIpc) is 2.75. The van der Waals surface area contributed by atoms with Gasteiger partial charge in [-0.1, -0.05) is 71.7 Å². The first-order valence-electron chi connectivity index (χ1n) is 9.86. The lowest BCUT2D eigenvalue weighted by Gasteiger charge is -2.28. The topological polar surface area (TPSA) is 61.5 Å². The van der Waals surface area contributed by atoms with E-state index in [9.17, 15) is 0 Å². The van der Waals surface area contributed by atoms with E-state index in [1.165, 1.54) is 5.56 Å². The van der Waals surface area contributed by atoms with Crippen molar-refractivity contribution in [2.45, 2.75) is 25.8 Å². The second kappa shape index (κ2) is 9.00. The van der Waals surface area contributed by atoms with Crippen LogP contribution in [0.25, 0.3) is 0 Å². The van der Waals surface area contributed by atoms with Gasteiger partial charge in [0.05, 0.1) is 21.3 Å². The Hall–Kier alpha value is -3.02. The normalized spacial score (nSPS) is 15.5. The number of amidine groups is 1. The van der Waals surface area contributed by atoms with Crippen LogP contribution in [-0.4, -0.2) is 17.1 Å². The van der Waals surface area contributed by atoms with Crippen molar-refractivity contribution in [3.8, 4) is 0 Å². The Labute approximate surface area is 191 Å². The molecule has 1 heterocycles. The van der Waals surface area contributed by atoms with Gasteiger partial charge in [-0.15, -0.1) is 10.2 Å². The molecule has 0 aromatic heterocycles. The van der Waals surface area contributed by atoms with E-state index < -0.39 is 0 Å². The third-order valence-corrected chi connectivity index (χ3v) is 5.43. The number of aliphatic imine (C=N–C) groups is 1. The van der Waals surface area contributed by atoms with Crippen LogP contribution in [0.5, 0.6) is 0 Å². The number of anilines is 1. The Morgan fingerprint density at radius 3 is 2.35 bits per heavy atom. The Bertz CT molecular complexity index is 1200. The summed E-state index contributed by atoms with van der Waals surface area (Å²) in [6.07, 6.45) is 0.833. The molecule has 1 aliphatic heterocycles. The number of fused-ring (bicyclic) bond motifs is 1. The number of nitrogens with one attached hydrogen (secondary N) is 1. The summed E-state index contributed by atoms with van der Waals surface area (Å²) in [6, 6.07) is 22.8. The fraction of sp³-hybridized carbons (Fsp3) is 0.167. The summed E-state index contributed by atoms with van der Waals surface area (Å²) < 4.78 is 0. The molecule has 0 amide bonds. The van der Waals surface area contributed by atoms with Gasteiger partial charge in [0.25, 0.3) is 0 Å². The number of hydrazone groups is 1. The number of benzene rings is 3. The maximum Gasteiger partial charge on any atom is 0.219 e. The molecule has 3 aromatic carbocycles. The van der Waals surface area contributed by atoms with Gasteiger partial charge in [-0.25, -0.2) is 0 Å². The van der Waals surface area contributed by atoms with Crippen LogP contribution in [0.4, 0.5) is 11.4 Å². The van der Waals surface area contributed by atoms with Crippen LogP contribution >= 0.6 is 23.2 Å². The molecule has 156 valence electrons. The van der Waals surface area contributed by atoms with E-state index >= 15 is 0 Å². The highest BCUT2D eigenvalue weighted by Crippen LogP contribution is 2.29. The SMILES string of the molecule is CC1(C)Cc2ccccc2C(/C(N=Nc2ccccc2Cl)=N/Nc2ccccc2Cl)=N1. The molecule has 1 N–H and O–H groups in total. The molecule has 0 aliphatic carbocycles. The van der Waals surface area contributed by atoms with Gasteiger partial charge < -0.3 is 0 Å². The number of para-hydroxylation sites is 1. The maximum atomic E-state index is 6.28. The zero-order valence-electron chi connectivity index (χ0n) is 17.2. The minimum atomic E-state index is -0.297. The van der Waals surface area contributed by atoms with E-state index in [0.717, 1.165) is 12.0 Å². The molecular formula is C24H21Cl2N5. The summed E-state index contributed by atoms with van der Waals surface area (Å²) >= 11 is 12.5. The molecule has 31 heavy (non-hydrogen) atoms. The van der Waals surface area contributed by atoms with Crippen molar-refractivity contribution in [1.82, 2.24) is 0 Å².